The van der Waals surface area contributed by atoms with Crippen LogP contribution < -0.4 is 0 Å². The maximum Gasteiger partial charge on any atom is 0.223 e. The second kappa shape index (κ2) is 7.83. The summed E-state index contributed by atoms with van der Waals surface area (Å²) in [6.07, 6.45) is 0.587. The third kappa shape index (κ3) is 4.40. The molecule has 4 rings (SSSR count). The van der Waals surface area contributed by atoms with Crippen LogP contribution >= 0.6 is 0 Å². The lowest BCUT2D eigenvalue weighted by molar-refractivity contribution is -0.128. The first-order chi connectivity index (χ1) is 13.1. The lowest BCUT2D eigenvalue weighted by Gasteiger charge is -2.31. The Hall–Kier alpha value is -2.17. The number of carbonyl (C=O) groups is 1. The lowest BCUT2D eigenvalue weighted by atomic mass is 9.87. The summed E-state index contributed by atoms with van der Waals surface area (Å²) in [5.74, 6) is 0.250. The number of hydrogen-bond donors (Lipinski definition) is 0. The molecular formula is C23H28N2O2. The molecule has 142 valence electrons. The van der Waals surface area contributed by atoms with Gasteiger partial charge in [0.05, 0.1) is 13.2 Å². The smallest absolute Gasteiger partial charge is 0.223 e. The molecule has 0 bridgehead atoms. The monoisotopic (exact) mass is 364 g/mol. The van der Waals surface area contributed by atoms with Crippen molar-refractivity contribution in [2.24, 2.45) is 5.41 Å². The standard InChI is InChI=1S/C23H28N2O2/c1-19-6-5-9-21(12-19)14-24-10-11-27-18-23(16-24)13-22(26)25(17-23)15-20-7-3-2-4-8-20/h2-9,12H,10-11,13-18H2,1H3/t23-/m0/s1. The van der Waals surface area contributed by atoms with Gasteiger partial charge < -0.3 is 9.64 Å². The molecular weight excluding hydrogens is 336 g/mol. The highest BCUT2D eigenvalue weighted by Crippen LogP contribution is 2.35. The van der Waals surface area contributed by atoms with Gasteiger partial charge in [-0.25, -0.2) is 0 Å². The second-order valence-corrected chi connectivity index (χ2v) is 8.16. The molecule has 2 aliphatic heterocycles. The molecule has 2 saturated heterocycles. The molecule has 1 atom stereocenters. The first-order valence-corrected chi connectivity index (χ1v) is 9.79. The number of rotatable bonds is 4. The fourth-order valence-electron chi connectivity index (χ4n) is 4.42. The van der Waals surface area contributed by atoms with Crippen LogP contribution in [0.5, 0.6) is 0 Å². The molecule has 1 spiro atoms. The maximum absolute atomic E-state index is 12.7. The van der Waals surface area contributed by atoms with Crippen LogP contribution in [0, 0.1) is 12.3 Å². The van der Waals surface area contributed by atoms with Crippen molar-refractivity contribution in [3.05, 3.63) is 71.3 Å². The van der Waals surface area contributed by atoms with Crippen LogP contribution in [-0.4, -0.2) is 48.6 Å². The molecule has 0 N–H and O–H groups in total. The minimum atomic E-state index is -0.0911. The third-order valence-corrected chi connectivity index (χ3v) is 5.63. The first-order valence-electron chi connectivity index (χ1n) is 9.79. The van der Waals surface area contributed by atoms with Crippen LogP contribution in [0.4, 0.5) is 0 Å². The minimum absolute atomic E-state index is 0.0911. The fourth-order valence-corrected chi connectivity index (χ4v) is 4.42. The van der Waals surface area contributed by atoms with Crippen molar-refractivity contribution in [3.63, 3.8) is 0 Å². The van der Waals surface area contributed by atoms with E-state index < -0.39 is 0 Å². The van der Waals surface area contributed by atoms with E-state index in [0.717, 1.165) is 32.8 Å². The Morgan fingerprint density at radius 3 is 2.63 bits per heavy atom. The van der Waals surface area contributed by atoms with Crippen LogP contribution in [0.1, 0.15) is 23.1 Å². The van der Waals surface area contributed by atoms with Gasteiger partial charge in [-0.05, 0) is 18.1 Å². The summed E-state index contributed by atoms with van der Waals surface area (Å²) >= 11 is 0. The first kappa shape index (κ1) is 18.2. The van der Waals surface area contributed by atoms with Crippen molar-refractivity contribution < 1.29 is 9.53 Å². The zero-order valence-electron chi connectivity index (χ0n) is 16.1. The molecule has 4 nitrogen and oxygen atoms in total. The molecule has 0 radical (unpaired) electrons. The Morgan fingerprint density at radius 2 is 1.81 bits per heavy atom. The number of benzene rings is 2. The molecule has 2 aromatic carbocycles. The average molecular weight is 364 g/mol. The lowest BCUT2D eigenvalue weighted by Crippen LogP contribution is -2.40. The molecule has 0 saturated carbocycles. The minimum Gasteiger partial charge on any atom is -0.379 e. The van der Waals surface area contributed by atoms with Crippen molar-refractivity contribution in [3.8, 4) is 0 Å². The van der Waals surface area contributed by atoms with E-state index in [1.807, 2.05) is 23.1 Å². The largest absolute Gasteiger partial charge is 0.379 e. The third-order valence-electron chi connectivity index (χ3n) is 5.63. The molecule has 4 heteroatoms. The highest BCUT2D eigenvalue weighted by atomic mass is 16.5. The van der Waals surface area contributed by atoms with Gasteiger partial charge in [0.15, 0.2) is 0 Å². The zero-order chi connectivity index (χ0) is 18.7. The Bertz CT molecular complexity index is 792. The number of nitrogens with zero attached hydrogens (tertiary/aromatic N) is 2. The Morgan fingerprint density at radius 1 is 1.00 bits per heavy atom. The summed E-state index contributed by atoms with van der Waals surface area (Å²) in [5.41, 5.74) is 3.72. The van der Waals surface area contributed by atoms with Gasteiger partial charge in [-0.2, -0.15) is 0 Å². The van der Waals surface area contributed by atoms with E-state index in [0.29, 0.717) is 19.6 Å². The number of carbonyl (C=O) groups excluding carboxylic acids is 1. The van der Waals surface area contributed by atoms with Crippen LogP contribution in [0.25, 0.3) is 0 Å². The molecule has 2 aromatic rings. The summed E-state index contributed by atoms with van der Waals surface area (Å²) < 4.78 is 5.95. The summed E-state index contributed by atoms with van der Waals surface area (Å²) in [4.78, 5) is 17.2. The number of hydrogen-bond acceptors (Lipinski definition) is 3. The molecule has 2 heterocycles. The quantitative estimate of drug-likeness (QED) is 0.835. The summed E-state index contributed by atoms with van der Waals surface area (Å²) in [5, 5.41) is 0. The summed E-state index contributed by atoms with van der Waals surface area (Å²) in [6.45, 7) is 7.77. The van der Waals surface area contributed by atoms with E-state index in [2.05, 4.69) is 48.2 Å². The number of aryl methyl sites for hydroxylation is 1. The van der Waals surface area contributed by atoms with Crippen molar-refractivity contribution in [1.82, 2.24) is 9.80 Å². The number of amides is 1. The zero-order valence-corrected chi connectivity index (χ0v) is 16.1. The van der Waals surface area contributed by atoms with Gasteiger partial charge in [-0.3, -0.25) is 9.69 Å². The highest BCUT2D eigenvalue weighted by Gasteiger charge is 2.45. The Kier molecular flexibility index (Phi) is 5.28. The van der Waals surface area contributed by atoms with Crippen LogP contribution in [0.15, 0.2) is 54.6 Å². The average Bonchev–Trinajstić information content (AvgIpc) is 2.82. The van der Waals surface area contributed by atoms with Gasteiger partial charge in [0, 0.05) is 44.6 Å². The molecule has 0 unspecified atom stereocenters. The van der Waals surface area contributed by atoms with Gasteiger partial charge in [-0.1, -0.05) is 60.2 Å². The second-order valence-electron chi connectivity index (χ2n) is 8.16. The number of likely N-dealkylation sites (tertiary alicyclic amines) is 1. The molecule has 2 aliphatic rings. The van der Waals surface area contributed by atoms with E-state index in [1.165, 1.54) is 16.7 Å². The Balaban J connectivity index is 1.46. The van der Waals surface area contributed by atoms with Crippen molar-refractivity contribution >= 4 is 5.91 Å². The number of ether oxygens (including phenoxy) is 1. The highest BCUT2D eigenvalue weighted by molar-refractivity contribution is 5.79. The van der Waals surface area contributed by atoms with Crippen LogP contribution in [0.3, 0.4) is 0 Å². The normalized spacial score (nSPS) is 23.7. The van der Waals surface area contributed by atoms with Crippen LogP contribution in [0.2, 0.25) is 0 Å². The molecule has 0 aliphatic carbocycles. The van der Waals surface area contributed by atoms with Gasteiger partial charge >= 0.3 is 0 Å². The molecule has 0 aromatic heterocycles. The van der Waals surface area contributed by atoms with Gasteiger partial charge in [-0.15, -0.1) is 0 Å². The molecule has 27 heavy (non-hydrogen) atoms. The maximum atomic E-state index is 12.7. The predicted octanol–water partition coefficient (Wildman–Crippen LogP) is 3.25. The van der Waals surface area contributed by atoms with Crippen molar-refractivity contribution in [2.75, 3.05) is 32.8 Å². The van der Waals surface area contributed by atoms with E-state index in [1.54, 1.807) is 0 Å². The summed E-state index contributed by atoms with van der Waals surface area (Å²) in [6, 6.07) is 18.9. The predicted molar refractivity (Wildman–Crippen MR) is 106 cm³/mol. The van der Waals surface area contributed by atoms with Gasteiger partial charge in [0.1, 0.15) is 0 Å². The topological polar surface area (TPSA) is 32.8 Å². The van der Waals surface area contributed by atoms with Gasteiger partial charge in [0.2, 0.25) is 5.91 Å². The van der Waals surface area contributed by atoms with Crippen molar-refractivity contribution in [2.45, 2.75) is 26.4 Å². The molecule has 2 fully saturated rings. The SMILES string of the molecule is Cc1cccc(CN2CCOC[C@@]3(CC(=O)N(Cc4ccccc4)C3)C2)c1. The Labute approximate surface area is 161 Å². The van der Waals surface area contributed by atoms with E-state index in [4.69, 9.17) is 4.74 Å². The van der Waals surface area contributed by atoms with E-state index in [9.17, 15) is 4.79 Å². The van der Waals surface area contributed by atoms with Gasteiger partial charge in [0.25, 0.3) is 0 Å². The van der Waals surface area contributed by atoms with Crippen LogP contribution in [-0.2, 0) is 22.6 Å². The van der Waals surface area contributed by atoms with E-state index in [-0.39, 0.29) is 11.3 Å². The van der Waals surface area contributed by atoms with Crippen molar-refractivity contribution in [1.29, 1.82) is 0 Å². The summed E-state index contributed by atoms with van der Waals surface area (Å²) in [7, 11) is 0. The van der Waals surface area contributed by atoms with E-state index >= 15 is 0 Å². The fraction of sp³-hybridized carbons (Fsp3) is 0.435. The molecule has 1 amide bonds.